The number of carbonyl (C=O) groups excluding carboxylic acids is 1. The fourth-order valence-electron chi connectivity index (χ4n) is 3.52. The Morgan fingerprint density at radius 3 is 2.52 bits per heavy atom. The maximum Gasteiger partial charge on any atom is 0.387 e. The molecule has 0 spiro atoms. The molecule has 0 bridgehead atoms. The Balaban J connectivity index is 1.49. The molecule has 0 saturated heterocycles. The highest BCUT2D eigenvalue weighted by Crippen LogP contribution is 2.41. The molecule has 2 saturated carbocycles. The van der Waals surface area contributed by atoms with Crippen LogP contribution in [-0.2, 0) is 4.79 Å². The second-order valence-electron chi connectivity index (χ2n) is 7.66. The van der Waals surface area contributed by atoms with Crippen molar-refractivity contribution in [1.29, 1.82) is 0 Å². The lowest BCUT2D eigenvalue weighted by Gasteiger charge is -2.44. The van der Waals surface area contributed by atoms with Gasteiger partial charge in [-0.05, 0) is 43.2 Å². The van der Waals surface area contributed by atoms with E-state index >= 15 is 0 Å². The molecule has 1 N–H and O–H groups in total. The topological polar surface area (TPSA) is 47.6 Å². The highest BCUT2D eigenvalue weighted by Gasteiger charge is 2.41. The van der Waals surface area contributed by atoms with Crippen molar-refractivity contribution in [2.75, 3.05) is 0 Å². The Bertz CT molecular complexity index is 636. The molecule has 0 unspecified atom stereocenters. The first-order valence-electron chi connectivity index (χ1n) is 8.43. The summed E-state index contributed by atoms with van der Waals surface area (Å²) < 4.78 is 48.0. The van der Waals surface area contributed by atoms with E-state index in [0.717, 1.165) is 31.0 Å². The zero-order valence-corrected chi connectivity index (χ0v) is 14.2. The van der Waals surface area contributed by atoms with Crippen LogP contribution in [0.25, 0.3) is 0 Å². The highest BCUT2D eigenvalue weighted by atomic mass is 19.3. The summed E-state index contributed by atoms with van der Waals surface area (Å²) in [4.78, 5) is 12.2. The van der Waals surface area contributed by atoms with Gasteiger partial charge in [0.2, 0.25) is 5.91 Å². The lowest BCUT2D eigenvalue weighted by atomic mass is 9.68. The molecule has 1 aromatic rings. The average Bonchev–Trinajstić information content (AvgIpc) is 2.42. The third-order valence-electron chi connectivity index (χ3n) is 4.83. The molecule has 0 aromatic heterocycles. The monoisotopic (exact) mass is 357 g/mol. The Morgan fingerprint density at radius 2 is 1.92 bits per heavy atom. The molecule has 1 aromatic carbocycles. The van der Waals surface area contributed by atoms with Crippen molar-refractivity contribution in [3.05, 3.63) is 24.0 Å². The van der Waals surface area contributed by atoms with Gasteiger partial charge in [0, 0.05) is 18.0 Å². The van der Waals surface area contributed by atoms with Gasteiger partial charge in [-0.3, -0.25) is 4.79 Å². The minimum Gasteiger partial charge on any atom is -0.486 e. The molecule has 25 heavy (non-hydrogen) atoms. The lowest BCUT2D eigenvalue weighted by molar-refractivity contribution is -0.132. The van der Waals surface area contributed by atoms with Gasteiger partial charge >= 0.3 is 6.61 Å². The summed E-state index contributed by atoms with van der Waals surface area (Å²) in [5.41, 5.74) is 0.293. The molecule has 2 aliphatic carbocycles. The zero-order valence-electron chi connectivity index (χ0n) is 14.2. The predicted molar refractivity (Wildman–Crippen MR) is 85.1 cm³/mol. The number of hydrogen-bond acceptors (Lipinski definition) is 3. The third kappa shape index (κ3) is 4.38. The van der Waals surface area contributed by atoms with Crippen molar-refractivity contribution in [3.63, 3.8) is 0 Å². The van der Waals surface area contributed by atoms with Gasteiger partial charge in [-0.2, -0.15) is 8.78 Å². The molecule has 1 amide bonds. The molecule has 0 atom stereocenters. The first-order chi connectivity index (χ1) is 11.7. The van der Waals surface area contributed by atoms with Gasteiger partial charge in [0.15, 0.2) is 11.5 Å². The van der Waals surface area contributed by atoms with Crippen LogP contribution in [0.2, 0.25) is 0 Å². The van der Waals surface area contributed by atoms with E-state index in [2.05, 4.69) is 23.9 Å². The smallest absolute Gasteiger partial charge is 0.387 e. The van der Waals surface area contributed by atoms with Crippen molar-refractivity contribution in [2.24, 2.45) is 11.3 Å². The molecule has 0 radical (unpaired) electrons. The van der Waals surface area contributed by atoms with E-state index in [1.165, 1.54) is 0 Å². The van der Waals surface area contributed by atoms with Crippen LogP contribution in [0.15, 0.2) is 18.2 Å². The maximum absolute atomic E-state index is 13.3. The van der Waals surface area contributed by atoms with Crippen molar-refractivity contribution in [3.8, 4) is 11.5 Å². The van der Waals surface area contributed by atoms with Gasteiger partial charge in [0.25, 0.3) is 0 Å². The van der Waals surface area contributed by atoms with Crippen molar-refractivity contribution < 1.29 is 27.4 Å². The van der Waals surface area contributed by atoms with Gasteiger partial charge in [0.05, 0.1) is 0 Å². The van der Waals surface area contributed by atoms with Crippen LogP contribution in [0.4, 0.5) is 13.2 Å². The van der Waals surface area contributed by atoms with E-state index in [1.54, 1.807) is 0 Å². The van der Waals surface area contributed by atoms with E-state index < -0.39 is 12.4 Å². The summed E-state index contributed by atoms with van der Waals surface area (Å²) in [5.74, 6) is -1.02. The Labute approximate surface area is 144 Å². The fourth-order valence-corrected chi connectivity index (χ4v) is 3.52. The van der Waals surface area contributed by atoms with Crippen LogP contribution in [0.1, 0.15) is 39.5 Å². The summed E-state index contributed by atoms with van der Waals surface area (Å²) >= 11 is 0. The molecule has 4 nitrogen and oxygen atoms in total. The van der Waals surface area contributed by atoms with E-state index in [1.807, 2.05) is 0 Å². The predicted octanol–water partition coefficient (Wildman–Crippen LogP) is 3.89. The number of amides is 1. The maximum atomic E-state index is 13.3. The minimum absolute atomic E-state index is 0.00338. The number of carbonyl (C=O) groups is 1. The van der Waals surface area contributed by atoms with Gasteiger partial charge in [0.1, 0.15) is 11.9 Å². The van der Waals surface area contributed by atoms with Crippen LogP contribution in [0.5, 0.6) is 11.5 Å². The first-order valence-corrected chi connectivity index (χ1v) is 8.43. The summed E-state index contributed by atoms with van der Waals surface area (Å²) in [6.07, 6.45) is 2.60. The van der Waals surface area contributed by atoms with Crippen LogP contribution in [-0.4, -0.2) is 24.7 Å². The van der Waals surface area contributed by atoms with E-state index in [4.69, 9.17) is 4.74 Å². The van der Waals surface area contributed by atoms with E-state index in [0.29, 0.717) is 18.3 Å². The van der Waals surface area contributed by atoms with Crippen LogP contribution >= 0.6 is 0 Å². The van der Waals surface area contributed by atoms with Gasteiger partial charge < -0.3 is 14.8 Å². The average molecular weight is 357 g/mol. The standard InChI is InChI=1S/C18H22F3NO3/c1-18(2)8-12(9-18)22-16(23)10-5-13(6-10)24-15-7-11(19)3-4-14(15)25-17(20)21/h3-4,7,10,12-13,17H,5-6,8-9H2,1-2H3,(H,22,23). The quantitative estimate of drug-likeness (QED) is 0.840. The van der Waals surface area contributed by atoms with Crippen molar-refractivity contribution >= 4 is 5.91 Å². The van der Waals surface area contributed by atoms with Gasteiger partial charge in [-0.25, -0.2) is 4.39 Å². The largest absolute Gasteiger partial charge is 0.486 e. The molecule has 7 heteroatoms. The summed E-state index contributed by atoms with van der Waals surface area (Å²) in [6, 6.07) is 3.39. The molecule has 0 heterocycles. The molecular weight excluding hydrogens is 335 g/mol. The van der Waals surface area contributed by atoms with E-state index in [-0.39, 0.29) is 35.5 Å². The van der Waals surface area contributed by atoms with Crippen LogP contribution in [0, 0.1) is 17.2 Å². The number of nitrogens with one attached hydrogen (secondary N) is 1. The molecule has 0 aliphatic heterocycles. The number of rotatable bonds is 6. The lowest BCUT2D eigenvalue weighted by Crippen LogP contribution is -2.52. The third-order valence-corrected chi connectivity index (χ3v) is 4.83. The molecule has 138 valence electrons. The molecular formula is C18H22F3NO3. The molecule has 3 rings (SSSR count). The number of alkyl halides is 2. The first kappa shape index (κ1) is 17.9. The SMILES string of the molecule is CC1(C)CC(NC(=O)C2CC(Oc3cc(F)ccc3OC(F)F)C2)C1. The Hall–Kier alpha value is -1.92. The number of hydrogen-bond donors (Lipinski definition) is 1. The number of halogens is 3. The normalized spacial score (nSPS) is 25.0. The summed E-state index contributed by atoms with van der Waals surface area (Å²) in [6.45, 7) is 1.32. The highest BCUT2D eigenvalue weighted by molar-refractivity contribution is 5.80. The van der Waals surface area contributed by atoms with Crippen LogP contribution in [0.3, 0.4) is 0 Å². The van der Waals surface area contributed by atoms with Crippen molar-refractivity contribution in [2.45, 2.75) is 58.3 Å². The fraction of sp³-hybridized carbons (Fsp3) is 0.611. The van der Waals surface area contributed by atoms with Crippen LogP contribution < -0.4 is 14.8 Å². The van der Waals surface area contributed by atoms with Crippen molar-refractivity contribution in [1.82, 2.24) is 5.32 Å². The Morgan fingerprint density at radius 1 is 1.24 bits per heavy atom. The number of benzene rings is 1. The molecule has 2 fully saturated rings. The zero-order chi connectivity index (χ0) is 18.2. The van der Waals surface area contributed by atoms with Gasteiger partial charge in [-0.15, -0.1) is 0 Å². The molecule has 2 aliphatic rings. The Kier molecular flexibility index (Phi) is 4.84. The summed E-state index contributed by atoms with van der Waals surface area (Å²) in [5, 5.41) is 3.03. The van der Waals surface area contributed by atoms with E-state index in [9.17, 15) is 18.0 Å². The number of ether oxygens (including phenoxy) is 2. The van der Waals surface area contributed by atoms with Gasteiger partial charge in [-0.1, -0.05) is 13.8 Å². The summed E-state index contributed by atoms with van der Waals surface area (Å²) in [7, 11) is 0. The minimum atomic E-state index is -3.01. The second-order valence-corrected chi connectivity index (χ2v) is 7.66. The second kappa shape index (κ2) is 6.77.